The van der Waals surface area contributed by atoms with Gasteiger partial charge in [-0.3, -0.25) is 4.90 Å². The van der Waals surface area contributed by atoms with E-state index in [-0.39, 0.29) is 0 Å². The van der Waals surface area contributed by atoms with E-state index < -0.39 is 0 Å². The Labute approximate surface area is 145 Å². The third-order valence-electron chi connectivity index (χ3n) is 4.55. The van der Waals surface area contributed by atoms with E-state index in [4.69, 9.17) is 5.73 Å². The Balaban J connectivity index is 1.49. The number of nitrogens with two attached hydrogens (primary N) is 1. The maximum absolute atomic E-state index is 5.72. The second kappa shape index (κ2) is 6.47. The van der Waals surface area contributed by atoms with Gasteiger partial charge in [0, 0.05) is 49.1 Å². The normalized spacial score (nSPS) is 14.8. The first-order valence-corrected chi connectivity index (χ1v) is 9.02. The molecule has 0 amide bonds. The summed E-state index contributed by atoms with van der Waals surface area (Å²) < 4.78 is 2.04. The number of aromatic nitrogens is 3. The number of hydrogen-bond acceptors (Lipinski definition) is 5. The lowest BCUT2D eigenvalue weighted by Gasteiger charge is -2.26. The van der Waals surface area contributed by atoms with Gasteiger partial charge in [-0.1, -0.05) is 6.07 Å². The molecule has 1 aromatic carbocycles. The van der Waals surface area contributed by atoms with Crippen molar-refractivity contribution < 1.29 is 0 Å². The molecule has 6 heteroatoms. The van der Waals surface area contributed by atoms with E-state index in [1.807, 2.05) is 17.1 Å². The van der Waals surface area contributed by atoms with Crippen molar-refractivity contribution in [3.8, 4) is 5.69 Å². The van der Waals surface area contributed by atoms with Crippen LogP contribution in [0.3, 0.4) is 0 Å². The minimum Gasteiger partial charge on any atom is -0.325 e. The van der Waals surface area contributed by atoms with Crippen LogP contribution in [0.2, 0.25) is 0 Å². The third kappa shape index (κ3) is 3.00. The molecule has 0 bridgehead atoms. The van der Waals surface area contributed by atoms with Gasteiger partial charge in [-0.25, -0.2) is 9.97 Å². The molecule has 3 heterocycles. The summed E-state index contributed by atoms with van der Waals surface area (Å²) in [6.45, 7) is 5.70. The van der Waals surface area contributed by atoms with Crippen molar-refractivity contribution in [1.29, 1.82) is 0 Å². The molecular formula is C18H21N5S. The molecule has 24 heavy (non-hydrogen) atoms. The van der Waals surface area contributed by atoms with Gasteiger partial charge in [0.25, 0.3) is 0 Å². The number of hydrogen-bond donors (Lipinski definition) is 1. The van der Waals surface area contributed by atoms with E-state index in [0.29, 0.717) is 6.54 Å². The standard InChI is InChI=1S/C18H21N5S/c1-13-8-15(23-7-5-20-12-23)3-2-14(13)10-22-6-4-17-16(11-22)21-18(9-19)24-17/h2-3,5,7-8,12H,4,6,9-11,19H2,1H3. The molecule has 2 aromatic heterocycles. The molecule has 0 fully saturated rings. The Morgan fingerprint density at radius 3 is 3.00 bits per heavy atom. The third-order valence-corrected chi connectivity index (χ3v) is 5.73. The van der Waals surface area contributed by atoms with Gasteiger partial charge in [-0.2, -0.15) is 0 Å². The molecule has 0 spiro atoms. The lowest BCUT2D eigenvalue weighted by Crippen LogP contribution is -2.29. The quantitative estimate of drug-likeness (QED) is 0.794. The van der Waals surface area contributed by atoms with Gasteiger partial charge in [0.1, 0.15) is 5.01 Å². The number of benzene rings is 1. The van der Waals surface area contributed by atoms with E-state index >= 15 is 0 Å². The fourth-order valence-electron chi connectivity index (χ4n) is 3.20. The van der Waals surface area contributed by atoms with Crippen molar-refractivity contribution in [3.05, 3.63) is 63.6 Å². The molecular weight excluding hydrogens is 318 g/mol. The van der Waals surface area contributed by atoms with Gasteiger partial charge < -0.3 is 10.3 Å². The topological polar surface area (TPSA) is 60.0 Å². The fraction of sp³-hybridized carbons (Fsp3) is 0.333. The van der Waals surface area contributed by atoms with Crippen LogP contribution in [-0.4, -0.2) is 26.0 Å². The molecule has 0 saturated carbocycles. The number of imidazole rings is 1. The van der Waals surface area contributed by atoms with Crippen LogP contribution in [0, 0.1) is 6.92 Å². The van der Waals surface area contributed by atoms with E-state index in [0.717, 1.165) is 36.8 Å². The molecule has 0 radical (unpaired) electrons. The van der Waals surface area contributed by atoms with E-state index in [1.54, 1.807) is 17.5 Å². The summed E-state index contributed by atoms with van der Waals surface area (Å²) in [6.07, 6.45) is 6.69. The van der Waals surface area contributed by atoms with Crippen LogP contribution in [-0.2, 0) is 26.1 Å². The smallest absolute Gasteiger partial charge is 0.107 e. The highest BCUT2D eigenvalue weighted by atomic mass is 32.1. The molecule has 0 aliphatic carbocycles. The number of nitrogens with zero attached hydrogens (tertiary/aromatic N) is 4. The molecule has 0 atom stereocenters. The molecule has 1 aliphatic rings. The lowest BCUT2D eigenvalue weighted by atomic mass is 10.1. The first kappa shape index (κ1) is 15.5. The van der Waals surface area contributed by atoms with Gasteiger partial charge in [0.2, 0.25) is 0 Å². The van der Waals surface area contributed by atoms with E-state index in [9.17, 15) is 0 Å². The SMILES string of the molecule is Cc1cc(-n2ccnc2)ccc1CN1CCc2sc(CN)nc2C1. The zero-order chi connectivity index (χ0) is 16.5. The lowest BCUT2D eigenvalue weighted by molar-refractivity contribution is 0.243. The van der Waals surface area contributed by atoms with Crippen molar-refractivity contribution in [2.75, 3.05) is 6.54 Å². The average molecular weight is 339 g/mol. The Morgan fingerprint density at radius 1 is 1.33 bits per heavy atom. The van der Waals surface area contributed by atoms with Crippen LogP contribution in [0.15, 0.2) is 36.9 Å². The van der Waals surface area contributed by atoms with Gasteiger partial charge in [-0.15, -0.1) is 11.3 Å². The molecule has 1 aliphatic heterocycles. The number of fused-ring (bicyclic) bond motifs is 1. The highest BCUT2D eigenvalue weighted by Gasteiger charge is 2.20. The van der Waals surface area contributed by atoms with Gasteiger partial charge in [-0.05, 0) is 36.6 Å². The van der Waals surface area contributed by atoms with Crippen LogP contribution in [0.4, 0.5) is 0 Å². The highest BCUT2D eigenvalue weighted by Crippen LogP contribution is 2.26. The predicted molar refractivity (Wildman–Crippen MR) is 96.1 cm³/mol. The zero-order valence-electron chi connectivity index (χ0n) is 13.8. The zero-order valence-corrected chi connectivity index (χ0v) is 14.6. The number of rotatable bonds is 4. The summed E-state index contributed by atoms with van der Waals surface area (Å²) in [6, 6.07) is 6.61. The van der Waals surface area contributed by atoms with E-state index in [1.165, 1.54) is 21.7 Å². The second-order valence-electron chi connectivity index (χ2n) is 6.22. The maximum atomic E-state index is 5.72. The van der Waals surface area contributed by atoms with Crippen LogP contribution < -0.4 is 5.73 Å². The van der Waals surface area contributed by atoms with Gasteiger partial charge in [0.15, 0.2) is 0 Å². The van der Waals surface area contributed by atoms with Crippen molar-refractivity contribution in [2.24, 2.45) is 5.73 Å². The Hall–Kier alpha value is -2.02. The van der Waals surface area contributed by atoms with Crippen molar-refractivity contribution in [1.82, 2.24) is 19.4 Å². The monoisotopic (exact) mass is 339 g/mol. The largest absolute Gasteiger partial charge is 0.325 e. The van der Waals surface area contributed by atoms with Crippen molar-refractivity contribution in [3.63, 3.8) is 0 Å². The van der Waals surface area contributed by atoms with Gasteiger partial charge >= 0.3 is 0 Å². The summed E-state index contributed by atoms with van der Waals surface area (Å²) in [4.78, 5) is 12.7. The van der Waals surface area contributed by atoms with Crippen LogP contribution in [0.25, 0.3) is 5.69 Å². The molecule has 2 N–H and O–H groups in total. The first-order chi connectivity index (χ1) is 11.7. The van der Waals surface area contributed by atoms with Crippen LogP contribution in [0.1, 0.15) is 26.7 Å². The van der Waals surface area contributed by atoms with E-state index in [2.05, 4.69) is 40.0 Å². The average Bonchev–Trinajstić information content (AvgIpc) is 3.25. The minimum absolute atomic E-state index is 0.548. The predicted octanol–water partition coefficient (Wildman–Crippen LogP) is 2.65. The fourth-order valence-corrected chi connectivity index (χ4v) is 4.14. The molecule has 3 aromatic rings. The number of aryl methyl sites for hydroxylation is 1. The molecule has 124 valence electrons. The summed E-state index contributed by atoms with van der Waals surface area (Å²) in [5.41, 5.74) is 10.8. The summed E-state index contributed by atoms with van der Waals surface area (Å²) >= 11 is 1.78. The Kier molecular flexibility index (Phi) is 4.18. The second-order valence-corrected chi connectivity index (χ2v) is 7.39. The molecule has 0 unspecified atom stereocenters. The summed E-state index contributed by atoms with van der Waals surface area (Å²) in [5, 5.41) is 1.06. The highest BCUT2D eigenvalue weighted by molar-refractivity contribution is 7.11. The van der Waals surface area contributed by atoms with Crippen LogP contribution in [0.5, 0.6) is 0 Å². The molecule has 0 saturated heterocycles. The van der Waals surface area contributed by atoms with Crippen LogP contribution >= 0.6 is 11.3 Å². The van der Waals surface area contributed by atoms with Gasteiger partial charge in [0.05, 0.1) is 12.0 Å². The summed E-state index contributed by atoms with van der Waals surface area (Å²) in [7, 11) is 0. The molecule has 4 rings (SSSR count). The Morgan fingerprint density at radius 2 is 2.25 bits per heavy atom. The Bertz CT molecular complexity index is 837. The maximum Gasteiger partial charge on any atom is 0.107 e. The first-order valence-electron chi connectivity index (χ1n) is 8.20. The van der Waals surface area contributed by atoms with Crippen molar-refractivity contribution >= 4 is 11.3 Å². The minimum atomic E-state index is 0.548. The molecule has 5 nitrogen and oxygen atoms in total. The van der Waals surface area contributed by atoms with Crippen molar-refractivity contribution in [2.45, 2.75) is 33.0 Å². The summed E-state index contributed by atoms with van der Waals surface area (Å²) in [5.74, 6) is 0. The number of thiazole rings is 1.